The first-order valence-electron chi connectivity index (χ1n) is 3.87. The highest BCUT2D eigenvalue weighted by Gasteiger charge is 2.16. The Morgan fingerprint density at radius 1 is 1.00 bits per heavy atom. The van der Waals surface area contributed by atoms with Gasteiger partial charge in [-0.1, -0.05) is 0 Å². The number of carboxylic acid groups (broad SMARTS) is 2. The summed E-state index contributed by atoms with van der Waals surface area (Å²) in [5.41, 5.74) is 0. The van der Waals surface area contributed by atoms with Gasteiger partial charge in [0, 0.05) is 0 Å². The van der Waals surface area contributed by atoms with Crippen LogP contribution in [0.3, 0.4) is 0 Å². The van der Waals surface area contributed by atoms with Crippen molar-refractivity contribution in [2.45, 2.75) is 18.6 Å². The molecule has 0 aromatic heterocycles. The van der Waals surface area contributed by atoms with Crippen molar-refractivity contribution in [3.05, 3.63) is 0 Å². The molecular weight excluding hydrogens is 212 g/mol. The molecule has 0 bridgehead atoms. The third-order valence-electron chi connectivity index (χ3n) is 1.07. The lowest BCUT2D eigenvalue weighted by atomic mass is 10.3. The van der Waals surface area contributed by atoms with E-state index in [1.807, 2.05) is 0 Å². The van der Waals surface area contributed by atoms with Gasteiger partial charge in [-0.15, -0.1) is 0 Å². The van der Waals surface area contributed by atoms with Gasteiger partial charge in [0.2, 0.25) is 0 Å². The highest BCUT2D eigenvalue weighted by molar-refractivity contribution is 5.79. The molecule has 90 valence electrons. The maximum Gasteiger partial charge on any atom is 0.333 e. The first kappa shape index (κ1) is 16.2. The van der Waals surface area contributed by atoms with Gasteiger partial charge < -0.3 is 30.6 Å². The van der Waals surface area contributed by atoms with Gasteiger partial charge in [-0.05, 0) is 0 Å². The van der Waals surface area contributed by atoms with Crippen molar-refractivity contribution in [2.24, 2.45) is 0 Å². The molecule has 0 amide bonds. The van der Waals surface area contributed by atoms with Gasteiger partial charge >= 0.3 is 11.9 Å². The minimum Gasteiger partial charge on any atom is -0.481 e. The number of carbonyl (C=O) groups is 2. The van der Waals surface area contributed by atoms with Crippen molar-refractivity contribution < 1.29 is 40.2 Å². The zero-order chi connectivity index (χ0) is 12.4. The molecule has 15 heavy (non-hydrogen) atoms. The first-order valence-corrected chi connectivity index (χ1v) is 3.87. The quantitative estimate of drug-likeness (QED) is 0.294. The maximum atomic E-state index is 9.72. The SMILES string of the molecule is O=C(O)CC(O)C(=O)O.OCC(O)CO. The topological polar surface area (TPSA) is 156 Å². The number of aliphatic hydroxyl groups is 4. The van der Waals surface area contributed by atoms with E-state index in [0.717, 1.165) is 0 Å². The second-order valence-electron chi connectivity index (χ2n) is 2.47. The largest absolute Gasteiger partial charge is 0.481 e. The van der Waals surface area contributed by atoms with Crippen LogP contribution in [0.15, 0.2) is 0 Å². The summed E-state index contributed by atoms with van der Waals surface area (Å²) in [4.78, 5) is 19.4. The molecule has 0 spiro atoms. The van der Waals surface area contributed by atoms with Gasteiger partial charge in [0.25, 0.3) is 0 Å². The fourth-order valence-electron chi connectivity index (χ4n) is 0.310. The Labute approximate surface area is 85.0 Å². The van der Waals surface area contributed by atoms with Crippen LogP contribution in [0.4, 0.5) is 0 Å². The summed E-state index contributed by atoms with van der Waals surface area (Å²) in [6.07, 6.45) is -3.50. The van der Waals surface area contributed by atoms with Gasteiger partial charge in [0.05, 0.1) is 19.6 Å². The summed E-state index contributed by atoms with van der Waals surface area (Å²) in [6.45, 7) is -0.729. The Morgan fingerprint density at radius 2 is 1.40 bits per heavy atom. The van der Waals surface area contributed by atoms with E-state index >= 15 is 0 Å². The van der Waals surface area contributed by atoms with Gasteiger partial charge in [0.15, 0.2) is 6.10 Å². The Morgan fingerprint density at radius 3 is 1.47 bits per heavy atom. The molecule has 1 atom stereocenters. The van der Waals surface area contributed by atoms with Crippen LogP contribution in [-0.4, -0.2) is 68.0 Å². The molecule has 0 saturated heterocycles. The van der Waals surface area contributed by atoms with E-state index in [4.69, 9.17) is 30.6 Å². The molecule has 0 aromatic rings. The van der Waals surface area contributed by atoms with Gasteiger partial charge in [0.1, 0.15) is 6.10 Å². The fraction of sp³-hybridized carbons (Fsp3) is 0.714. The second kappa shape index (κ2) is 9.34. The standard InChI is InChI=1S/C4H6O5.C3H8O3/c5-2(4(8)9)1-3(6)7;4-1-3(6)2-5/h2,5H,1H2,(H,6,7)(H,8,9);3-6H,1-2H2. The minimum absolute atomic E-state index is 0.365. The minimum atomic E-state index is -1.79. The Bertz CT molecular complexity index is 187. The molecule has 0 aliphatic carbocycles. The van der Waals surface area contributed by atoms with E-state index in [2.05, 4.69) is 0 Å². The lowest BCUT2D eigenvalue weighted by Crippen LogP contribution is -2.22. The van der Waals surface area contributed by atoms with Crippen molar-refractivity contribution in [1.29, 1.82) is 0 Å². The number of hydrogen-bond donors (Lipinski definition) is 6. The van der Waals surface area contributed by atoms with Crippen LogP contribution in [0.2, 0.25) is 0 Å². The molecule has 8 nitrogen and oxygen atoms in total. The highest BCUT2D eigenvalue weighted by Crippen LogP contribution is 1.89. The number of rotatable bonds is 5. The van der Waals surface area contributed by atoms with E-state index in [9.17, 15) is 9.59 Å². The molecule has 0 rings (SSSR count). The van der Waals surface area contributed by atoms with E-state index in [-0.39, 0.29) is 13.2 Å². The molecule has 0 radical (unpaired) electrons. The maximum absolute atomic E-state index is 9.72. The van der Waals surface area contributed by atoms with Crippen LogP contribution in [-0.2, 0) is 9.59 Å². The zero-order valence-electron chi connectivity index (χ0n) is 7.78. The molecular formula is C7H14O8. The number of aliphatic hydroxyl groups excluding tert-OH is 4. The zero-order valence-corrected chi connectivity index (χ0v) is 7.78. The molecule has 8 heteroatoms. The van der Waals surface area contributed by atoms with Crippen LogP contribution >= 0.6 is 0 Å². The third kappa shape index (κ3) is 12.8. The molecule has 0 aromatic carbocycles. The van der Waals surface area contributed by atoms with Crippen LogP contribution < -0.4 is 0 Å². The van der Waals surface area contributed by atoms with E-state index < -0.39 is 30.6 Å². The van der Waals surface area contributed by atoms with Crippen molar-refractivity contribution in [2.75, 3.05) is 13.2 Å². The summed E-state index contributed by atoms with van der Waals surface area (Å²) in [6, 6.07) is 0. The number of hydrogen-bond acceptors (Lipinski definition) is 6. The van der Waals surface area contributed by atoms with Gasteiger partial charge in [-0.25, -0.2) is 4.79 Å². The van der Waals surface area contributed by atoms with Crippen LogP contribution in [0.1, 0.15) is 6.42 Å². The Kier molecular flexibility index (Phi) is 10.1. The molecule has 0 aliphatic rings. The van der Waals surface area contributed by atoms with Crippen LogP contribution in [0.5, 0.6) is 0 Å². The summed E-state index contributed by atoms with van der Waals surface area (Å²) >= 11 is 0. The van der Waals surface area contributed by atoms with Crippen molar-refractivity contribution in [3.63, 3.8) is 0 Å². The second-order valence-corrected chi connectivity index (χ2v) is 2.47. The first-order chi connectivity index (χ1) is 6.84. The molecule has 1 unspecified atom stereocenters. The summed E-state index contributed by atoms with van der Waals surface area (Å²) in [5, 5.41) is 48.2. The number of carboxylic acids is 2. The number of aliphatic carboxylic acids is 2. The summed E-state index contributed by atoms with van der Waals surface area (Å²) in [7, 11) is 0. The van der Waals surface area contributed by atoms with Crippen LogP contribution in [0, 0.1) is 0 Å². The van der Waals surface area contributed by atoms with E-state index in [1.165, 1.54) is 0 Å². The summed E-state index contributed by atoms with van der Waals surface area (Å²) in [5.74, 6) is -2.85. The molecule has 0 aliphatic heterocycles. The van der Waals surface area contributed by atoms with Gasteiger partial charge in [-0.2, -0.15) is 0 Å². The van der Waals surface area contributed by atoms with E-state index in [1.54, 1.807) is 0 Å². The Hall–Kier alpha value is -1.22. The molecule has 6 N–H and O–H groups in total. The highest BCUT2D eigenvalue weighted by atomic mass is 16.4. The average Bonchev–Trinajstić information content (AvgIpc) is 2.16. The van der Waals surface area contributed by atoms with Crippen LogP contribution in [0.25, 0.3) is 0 Å². The van der Waals surface area contributed by atoms with Crippen molar-refractivity contribution >= 4 is 11.9 Å². The Balaban J connectivity index is 0. The molecule has 0 saturated carbocycles. The lowest BCUT2D eigenvalue weighted by Gasteiger charge is -1.97. The van der Waals surface area contributed by atoms with Crippen molar-refractivity contribution in [3.8, 4) is 0 Å². The third-order valence-corrected chi connectivity index (χ3v) is 1.07. The summed E-state index contributed by atoms with van der Waals surface area (Å²) < 4.78 is 0. The molecule has 0 heterocycles. The fourth-order valence-corrected chi connectivity index (χ4v) is 0.310. The van der Waals surface area contributed by atoms with Gasteiger partial charge in [-0.3, -0.25) is 4.79 Å². The van der Waals surface area contributed by atoms with Crippen molar-refractivity contribution in [1.82, 2.24) is 0 Å². The predicted octanol–water partition coefficient (Wildman–Crippen LogP) is -2.76. The smallest absolute Gasteiger partial charge is 0.333 e. The normalized spacial score (nSPS) is 11.5. The predicted molar refractivity (Wildman–Crippen MR) is 46.1 cm³/mol. The van der Waals surface area contributed by atoms with E-state index in [0.29, 0.717) is 0 Å². The average molecular weight is 226 g/mol. The monoisotopic (exact) mass is 226 g/mol. The lowest BCUT2D eigenvalue weighted by molar-refractivity contribution is -0.152. The molecule has 0 fully saturated rings.